The van der Waals surface area contributed by atoms with Crippen LogP contribution >= 0.6 is 0 Å². The molecular weight excluding hydrogens is 217 g/mol. The molecule has 1 rings (SSSR count). The van der Waals surface area contributed by atoms with Crippen LogP contribution in [0.2, 0.25) is 0 Å². The summed E-state index contributed by atoms with van der Waals surface area (Å²) in [6.45, 7) is 0. The number of nitrogens with one attached hydrogen (secondary N) is 1. The summed E-state index contributed by atoms with van der Waals surface area (Å²) in [5.74, 6) is -1.15. The molecule has 1 heterocycles. The lowest BCUT2D eigenvalue weighted by molar-refractivity contribution is -0.141. The number of hydrogen-bond donors (Lipinski definition) is 1. The summed E-state index contributed by atoms with van der Waals surface area (Å²) in [7, 11) is 0.954. The van der Waals surface area contributed by atoms with Crippen molar-refractivity contribution in [2.75, 3.05) is 7.11 Å². The van der Waals surface area contributed by atoms with Crippen LogP contribution in [0.4, 0.5) is 13.2 Å². The van der Waals surface area contributed by atoms with Crippen LogP contribution in [-0.2, 0) is 10.9 Å². The van der Waals surface area contributed by atoms with E-state index in [4.69, 9.17) is 0 Å². The van der Waals surface area contributed by atoms with Gasteiger partial charge in [-0.25, -0.2) is 9.89 Å². The van der Waals surface area contributed by atoms with Gasteiger partial charge in [0.05, 0.1) is 7.11 Å². The zero-order chi connectivity index (χ0) is 11.6. The first-order chi connectivity index (χ1) is 6.86. The molecule has 0 spiro atoms. The SMILES string of the molecule is COC(=O)c1cc(C(F)(F)F)n[nH]c1=O. The van der Waals surface area contributed by atoms with Gasteiger partial charge in [0.1, 0.15) is 5.56 Å². The number of aromatic amines is 1. The quantitative estimate of drug-likeness (QED) is 0.705. The van der Waals surface area contributed by atoms with Gasteiger partial charge in [0.25, 0.3) is 5.56 Å². The monoisotopic (exact) mass is 222 g/mol. The minimum atomic E-state index is -4.73. The number of carbonyl (C=O) groups excluding carboxylic acids is 1. The van der Waals surface area contributed by atoms with E-state index in [0.717, 1.165) is 7.11 Å². The number of nitrogens with zero attached hydrogens (tertiary/aromatic N) is 1. The third-order valence-corrected chi connectivity index (χ3v) is 1.50. The van der Waals surface area contributed by atoms with Crippen molar-refractivity contribution in [3.63, 3.8) is 0 Å². The second kappa shape index (κ2) is 3.71. The smallest absolute Gasteiger partial charge is 0.435 e. The molecule has 1 N–H and O–H groups in total. The highest BCUT2D eigenvalue weighted by molar-refractivity contribution is 5.88. The van der Waals surface area contributed by atoms with Crippen LogP contribution in [0.3, 0.4) is 0 Å². The molecule has 0 saturated carbocycles. The Hall–Kier alpha value is -1.86. The maximum absolute atomic E-state index is 12.1. The number of alkyl halides is 3. The summed E-state index contributed by atoms with van der Waals surface area (Å²) in [5.41, 5.74) is -3.13. The molecule has 1 aromatic heterocycles. The Kier molecular flexibility index (Phi) is 2.78. The standard InChI is InChI=1S/C7H5F3N2O3/c1-15-6(14)3-2-4(7(8,9)10)11-12-5(3)13/h2H,1H3,(H,12,13). The first-order valence-corrected chi connectivity index (χ1v) is 3.61. The molecule has 0 aliphatic carbocycles. The van der Waals surface area contributed by atoms with Crippen molar-refractivity contribution in [3.8, 4) is 0 Å². The second-order valence-corrected chi connectivity index (χ2v) is 2.49. The molecule has 0 unspecified atom stereocenters. The lowest BCUT2D eigenvalue weighted by Crippen LogP contribution is -2.23. The average Bonchev–Trinajstić information content (AvgIpc) is 2.15. The van der Waals surface area contributed by atoms with E-state index in [0.29, 0.717) is 6.07 Å². The van der Waals surface area contributed by atoms with Gasteiger partial charge in [0.15, 0.2) is 5.69 Å². The number of H-pyrrole nitrogens is 1. The predicted octanol–water partition coefficient (Wildman–Crippen LogP) is 0.575. The van der Waals surface area contributed by atoms with Crippen molar-refractivity contribution in [1.82, 2.24) is 10.2 Å². The van der Waals surface area contributed by atoms with E-state index in [2.05, 4.69) is 9.84 Å². The number of methoxy groups -OCH3 is 1. The van der Waals surface area contributed by atoms with E-state index >= 15 is 0 Å². The number of hydrogen-bond acceptors (Lipinski definition) is 4. The molecule has 0 aromatic carbocycles. The van der Waals surface area contributed by atoms with Crippen LogP contribution < -0.4 is 5.56 Å². The fourth-order valence-electron chi connectivity index (χ4n) is 0.813. The molecule has 0 atom stereocenters. The zero-order valence-electron chi connectivity index (χ0n) is 7.38. The minimum absolute atomic E-state index is 0.338. The van der Waals surface area contributed by atoms with Crippen molar-refractivity contribution in [1.29, 1.82) is 0 Å². The van der Waals surface area contributed by atoms with Gasteiger partial charge in [-0.05, 0) is 6.07 Å². The number of halogens is 3. The summed E-state index contributed by atoms with van der Waals surface area (Å²) in [6, 6.07) is 0.338. The van der Waals surface area contributed by atoms with Crippen LogP contribution in [0.25, 0.3) is 0 Å². The maximum atomic E-state index is 12.1. The molecule has 0 radical (unpaired) electrons. The molecule has 0 saturated heterocycles. The lowest BCUT2D eigenvalue weighted by Gasteiger charge is -2.05. The molecule has 8 heteroatoms. The third-order valence-electron chi connectivity index (χ3n) is 1.50. The minimum Gasteiger partial charge on any atom is -0.465 e. The number of carbonyl (C=O) groups is 1. The fourth-order valence-corrected chi connectivity index (χ4v) is 0.813. The molecule has 0 aliphatic heterocycles. The summed E-state index contributed by atoms with van der Waals surface area (Å²) >= 11 is 0. The van der Waals surface area contributed by atoms with Crippen molar-refractivity contribution >= 4 is 5.97 Å². The number of ether oxygens (including phenoxy) is 1. The van der Waals surface area contributed by atoms with Crippen LogP contribution in [0.5, 0.6) is 0 Å². The van der Waals surface area contributed by atoms with Crippen LogP contribution in [-0.4, -0.2) is 23.3 Å². The predicted molar refractivity (Wildman–Crippen MR) is 41.2 cm³/mol. The largest absolute Gasteiger partial charge is 0.465 e. The van der Waals surface area contributed by atoms with Gasteiger partial charge in [-0.15, -0.1) is 0 Å². The van der Waals surface area contributed by atoms with Gasteiger partial charge in [0.2, 0.25) is 0 Å². The van der Waals surface area contributed by atoms with Gasteiger partial charge in [-0.2, -0.15) is 18.3 Å². The highest BCUT2D eigenvalue weighted by Crippen LogP contribution is 2.26. The van der Waals surface area contributed by atoms with Gasteiger partial charge in [0, 0.05) is 0 Å². The number of esters is 1. The Balaban J connectivity index is 3.29. The van der Waals surface area contributed by atoms with Gasteiger partial charge < -0.3 is 4.74 Å². The van der Waals surface area contributed by atoms with Gasteiger partial charge in [-0.3, -0.25) is 4.79 Å². The highest BCUT2D eigenvalue weighted by atomic mass is 19.4. The van der Waals surface area contributed by atoms with E-state index in [1.165, 1.54) is 0 Å². The van der Waals surface area contributed by atoms with E-state index in [1.54, 1.807) is 5.10 Å². The first kappa shape index (κ1) is 11.2. The molecule has 82 valence electrons. The fraction of sp³-hybridized carbons (Fsp3) is 0.286. The number of aromatic nitrogens is 2. The van der Waals surface area contributed by atoms with E-state index in [1.807, 2.05) is 0 Å². The summed E-state index contributed by atoms with van der Waals surface area (Å²) in [6.07, 6.45) is -4.73. The molecule has 5 nitrogen and oxygen atoms in total. The zero-order valence-corrected chi connectivity index (χ0v) is 7.38. The highest BCUT2D eigenvalue weighted by Gasteiger charge is 2.34. The van der Waals surface area contributed by atoms with E-state index in [-0.39, 0.29) is 0 Å². The summed E-state index contributed by atoms with van der Waals surface area (Å²) in [4.78, 5) is 21.8. The number of rotatable bonds is 1. The Bertz CT molecular complexity index is 438. The second-order valence-electron chi connectivity index (χ2n) is 2.49. The topological polar surface area (TPSA) is 72.0 Å². The molecule has 0 aliphatic rings. The van der Waals surface area contributed by atoms with Gasteiger partial charge in [-0.1, -0.05) is 0 Å². The molecule has 1 aromatic rings. The Morgan fingerprint density at radius 1 is 1.53 bits per heavy atom. The van der Waals surface area contributed by atoms with Crippen LogP contribution in [0.1, 0.15) is 16.1 Å². The summed E-state index contributed by atoms with van der Waals surface area (Å²) < 4.78 is 40.5. The average molecular weight is 222 g/mol. The van der Waals surface area contributed by atoms with Crippen molar-refractivity contribution in [2.45, 2.75) is 6.18 Å². The molecule has 15 heavy (non-hydrogen) atoms. The Morgan fingerprint density at radius 2 is 2.13 bits per heavy atom. The van der Waals surface area contributed by atoms with Crippen molar-refractivity contribution in [3.05, 3.63) is 27.7 Å². The lowest BCUT2D eigenvalue weighted by atomic mass is 10.2. The van der Waals surface area contributed by atoms with Crippen LogP contribution in [0.15, 0.2) is 10.9 Å². The van der Waals surface area contributed by atoms with E-state index < -0.39 is 29.0 Å². The first-order valence-electron chi connectivity index (χ1n) is 3.61. The Labute approximate surface area is 80.9 Å². The summed E-state index contributed by atoms with van der Waals surface area (Å²) in [5, 5.41) is 4.32. The van der Waals surface area contributed by atoms with Crippen LogP contribution in [0, 0.1) is 0 Å². The van der Waals surface area contributed by atoms with E-state index in [9.17, 15) is 22.8 Å². The molecule has 0 bridgehead atoms. The molecule has 0 fully saturated rings. The normalized spacial score (nSPS) is 11.2. The maximum Gasteiger partial charge on any atom is 0.435 e. The van der Waals surface area contributed by atoms with Gasteiger partial charge >= 0.3 is 12.1 Å². The van der Waals surface area contributed by atoms with Crippen molar-refractivity contribution in [2.24, 2.45) is 0 Å². The Morgan fingerprint density at radius 3 is 2.60 bits per heavy atom. The van der Waals surface area contributed by atoms with Crippen molar-refractivity contribution < 1.29 is 22.7 Å². The third kappa shape index (κ3) is 2.33. The molecule has 0 amide bonds. The molecular formula is C7H5F3N2O3.